The molecule has 0 fully saturated rings. The van der Waals surface area contributed by atoms with Gasteiger partial charge in [-0.2, -0.15) is 0 Å². The number of rotatable bonds is 12. The zero-order valence-electron chi connectivity index (χ0n) is 63.5. The molecule has 0 spiro atoms. The number of allylic oxidation sites excluding steroid dienone is 2. The van der Waals surface area contributed by atoms with Gasteiger partial charge in [0.1, 0.15) is 0 Å². The van der Waals surface area contributed by atoms with Gasteiger partial charge in [-0.3, -0.25) is 4.99 Å². The van der Waals surface area contributed by atoms with E-state index in [-0.39, 0.29) is 32.9 Å². The standard InChI is InChI=1S/C108H79N4.Pt/c1-5-69-97-62-102-107(95-58-28-52-87-84(49-25-55-91(87)95)79-45-21-35-67-31-11-15-39-75(67)79)71(7-3)99(111-102)64-104-108(96-60-59-92(81-41-17-18-42-88(81)96)80-46-22-36-68-32-12-16-40-76(68)80)72(8-4)100(112-104)63-103-106(94-57-27-51-86-83(48-24-54-90(86)94)78-44-20-34-66-30-10-14-38-74(66)78)70(6-2)98(110-103)61-101(109-97)105(69)93-56-26-50-85-82(47-23-53-89(85)93)77-43-19-33-65-29-9-13-37-73(65)77;/h9-64,70,102,106H,5-8H2,1-4H3;/q-3;/b97-62-,99-64-,101-61-,103-63-;. The predicted octanol–water partition coefficient (Wildman–Crippen LogP) is 26.8. The Balaban J connectivity index is 0.00000830. The van der Waals surface area contributed by atoms with E-state index in [4.69, 9.17) is 20.3 Å². The van der Waals surface area contributed by atoms with Crippen molar-refractivity contribution in [1.29, 1.82) is 0 Å². The van der Waals surface area contributed by atoms with Crippen LogP contribution in [-0.2, 0) is 33.9 Å². The minimum atomic E-state index is -0.440. The Morgan fingerprint density at radius 2 is 0.673 bits per heavy atom. The van der Waals surface area contributed by atoms with E-state index < -0.39 is 6.04 Å². The van der Waals surface area contributed by atoms with E-state index in [9.17, 15) is 0 Å². The van der Waals surface area contributed by atoms with Gasteiger partial charge in [-0.15, -0.1) is 33.9 Å². The molecule has 2 aromatic heterocycles. The second-order valence-corrected chi connectivity index (χ2v) is 30.4. The van der Waals surface area contributed by atoms with Gasteiger partial charge in [0, 0.05) is 44.3 Å². The number of hydrogen-bond acceptors (Lipinski definition) is 1. The van der Waals surface area contributed by atoms with Gasteiger partial charge >= 0.3 is 0 Å². The van der Waals surface area contributed by atoms with Crippen LogP contribution in [0.2, 0.25) is 0 Å². The fraction of sp³-hybridized carbons (Fsp3) is 0.102. The van der Waals surface area contributed by atoms with E-state index in [1.54, 1.807) is 0 Å². The molecule has 3 atom stereocenters. The zero-order valence-corrected chi connectivity index (χ0v) is 65.8. The minimum absolute atomic E-state index is 0. The van der Waals surface area contributed by atoms with Gasteiger partial charge in [-0.25, -0.2) is 0 Å². The van der Waals surface area contributed by atoms with Crippen molar-refractivity contribution < 1.29 is 21.1 Å². The summed E-state index contributed by atoms with van der Waals surface area (Å²) < 4.78 is 0. The van der Waals surface area contributed by atoms with Crippen LogP contribution in [0.3, 0.4) is 0 Å². The van der Waals surface area contributed by atoms with Crippen LogP contribution in [0.1, 0.15) is 80.1 Å². The van der Waals surface area contributed by atoms with Gasteiger partial charge in [0.05, 0.1) is 0 Å². The van der Waals surface area contributed by atoms with Gasteiger partial charge in [-0.05, 0) is 195 Å². The fourth-order valence-electron chi connectivity index (χ4n) is 19.7. The van der Waals surface area contributed by atoms with Crippen LogP contribution in [-0.4, -0.2) is 11.8 Å². The van der Waals surface area contributed by atoms with Crippen LogP contribution in [0, 0.1) is 5.92 Å². The van der Waals surface area contributed by atoms with Crippen molar-refractivity contribution in [3.63, 3.8) is 0 Å². The molecule has 544 valence electrons. The maximum atomic E-state index is 6.15. The summed E-state index contributed by atoms with van der Waals surface area (Å²) in [6.45, 7) is 9.31. The van der Waals surface area contributed by atoms with Crippen molar-refractivity contribution in [3.8, 4) is 66.8 Å². The third kappa shape index (κ3) is 11.4. The van der Waals surface area contributed by atoms with Crippen molar-refractivity contribution in [2.24, 2.45) is 10.9 Å². The molecule has 0 saturated carbocycles. The van der Waals surface area contributed by atoms with Crippen LogP contribution in [0.25, 0.3) is 188 Å². The Morgan fingerprint density at radius 1 is 0.301 bits per heavy atom. The van der Waals surface area contributed by atoms with Crippen molar-refractivity contribution in [3.05, 3.63) is 382 Å². The zero-order chi connectivity index (χ0) is 74.7. The molecule has 0 radical (unpaired) electrons. The second kappa shape index (κ2) is 28.5. The molecule has 0 amide bonds. The van der Waals surface area contributed by atoms with Crippen LogP contribution < -0.4 is 20.7 Å². The molecule has 0 aliphatic carbocycles. The molecule has 5 heteroatoms. The first-order valence-electron chi connectivity index (χ1n) is 40.0. The van der Waals surface area contributed by atoms with Crippen LogP contribution in [0.5, 0.6) is 0 Å². The van der Waals surface area contributed by atoms with Crippen LogP contribution in [0.4, 0.5) is 0 Å². The molecule has 113 heavy (non-hydrogen) atoms. The molecule has 18 aromatic rings. The van der Waals surface area contributed by atoms with Crippen molar-refractivity contribution in [2.75, 3.05) is 0 Å². The molecule has 16 aromatic carbocycles. The number of aromatic nitrogens is 2. The molecule has 3 aliphatic rings. The Labute approximate surface area is 672 Å². The van der Waals surface area contributed by atoms with E-state index in [2.05, 4.69) is 367 Å². The summed E-state index contributed by atoms with van der Waals surface area (Å²) in [6.07, 6.45) is 12.6. The number of nitrogens with zero attached hydrogens (tertiary/aromatic N) is 4. The first-order chi connectivity index (χ1) is 55.4. The molecule has 4 nitrogen and oxygen atoms in total. The monoisotopic (exact) mass is 1630 g/mol. The van der Waals surface area contributed by atoms with Crippen molar-refractivity contribution in [1.82, 2.24) is 9.97 Å². The van der Waals surface area contributed by atoms with Crippen molar-refractivity contribution in [2.45, 2.75) is 65.3 Å². The van der Waals surface area contributed by atoms with Gasteiger partial charge < -0.3 is 15.3 Å². The van der Waals surface area contributed by atoms with E-state index in [0.717, 1.165) is 87.1 Å². The van der Waals surface area contributed by atoms with Gasteiger partial charge in [0.15, 0.2) is 0 Å². The third-order valence-corrected chi connectivity index (χ3v) is 24.6. The third-order valence-electron chi connectivity index (χ3n) is 24.6. The van der Waals surface area contributed by atoms with E-state index in [0.29, 0.717) is 0 Å². The molecule has 3 aliphatic heterocycles. The minimum Gasteiger partial charge on any atom is -0.675 e. The van der Waals surface area contributed by atoms with Gasteiger partial charge in [-0.1, -0.05) is 384 Å². The maximum absolute atomic E-state index is 6.15. The number of hydrogen-bond donors (Lipinski definition) is 0. The average molecular weight is 1630 g/mol. The normalized spacial score (nSPS) is 16.9. The predicted molar refractivity (Wildman–Crippen MR) is 476 cm³/mol. The molecule has 5 heterocycles. The Morgan fingerprint density at radius 3 is 1.16 bits per heavy atom. The molecular weight excluding hydrogens is 1550 g/mol. The summed E-state index contributed by atoms with van der Waals surface area (Å²) >= 11 is 0. The topological polar surface area (TPSA) is 54.7 Å². The molecule has 0 N–H and O–H groups in total. The maximum Gasteiger partial charge on any atom is 0.0476 e. The average Bonchev–Trinajstić information content (AvgIpc) is 1.62. The van der Waals surface area contributed by atoms with Gasteiger partial charge in [0.25, 0.3) is 0 Å². The largest absolute Gasteiger partial charge is 0.675 e. The number of aliphatic imine (C=N–C) groups is 1. The Hall–Kier alpha value is -12.7. The van der Waals surface area contributed by atoms with E-state index in [1.165, 1.54) is 164 Å². The number of fused-ring (bicyclic) bond motifs is 15. The Kier molecular flexibility index (Phi) is 17.5. The summed E-state index contributed by atoms with van der Waals surface area (Å²) in [4.78, 5) is 18.3. The molecule has 21 rings (SSSR count). The summed E-state index contributed by atoms with van der Waals surface area (Å²) in [6, 6.07) is 117. The smallest absolute Gasteiger partial charge is 0.0476 e. The second-order valence-electron chi connectivity index (χ2n) is 30.4. The van der Waals surface area contributed by atoms with Crippen LogP contribution in [0.15, 0.2) is 337 Å². The molecule has 3 unspecified atom stereocenters. The fourth-order valence-corrected chi connectivity index (χ4v) is 19.7. The first-order valence-corrected chi connectivity index (χ1v) is 40.0. The van der Waals surface area contributed by atoms with Crippen LogP contribution >= 0.6 is 0 Å². The first kappa shape index (κ1) is 69.5. The summed E-state index contributed by atoms with van der Waals surface area (Å²) in [7, 11) is 0. The van der Waals surface area contributed by atoms with Gasteiger partial charge in [0.2, 0.25) is 0 Å². The number of benzene rings is 16. The summed E-state index contributed by atoms with van der Waals surface area (Å²) in [5, 5.41) is 27.4. The SMILES string of the molecule is CCC1=C(c2cccc3c(-c4cccc5ccccc45)cccc23)C2/C=c3\[n-]\c(c(-c4cccc5c(-c6cccc7ccccc67)cccc45)c3CC)=C/C3=N\C(=C/c4[n-]c(c(-c5ccc(-c6cccc7ccccc67)c6ccccc56)c4CC)/C=C/1[N-]2)C(c1cccc2c(-c4cccc5ccccc45)cccc12)C3CC.[Pt]. The van der Waals surface area contributed by atoms with Crippen molar-refractivity contribution >= 4 is 122 Å². The Bertz CT molecular complexity index is 7230. The van der Waals surface area contributed by atoms with E-state index >= 15 is 0 Å². The quantitative estimate of drug-likeness (QED) is 0.122. The van der Waals surface area contributed by atoms with E-state index in [1.807, 2.05) is 0 Å². The molecule has 8 bridgehead atoms. The molecular formula is C108H79N4Pt-3. The molecule has 0 saturated heterocycles. The summed E-state index contributed by atoms with van der Waals surface area (Å²) in [5.41, 5.74) is 26.1. The summed E-state index contributed by atoms with van der Waals surface area (Å²) in [5.74, 6) is -0.211.